The zero-order valence-corrected chi connectivity index (χ0v) is 11.6. The molecule has 110 valence electrons. The Labute approximate surface area is 120 Å². The summed E-state index contributed by atoms with van der Waals surface area (Å²) in [5.74, 6) is -0.537. The second kappa shape index (κ2) is 7.73. The van der Waals surface area contributed by atoms with Gasteiger partial charge in [-0.1, -0.05) is 11.6 Å². The third-order valence-corrected chi connectivity index (χ3v) is 2.61. The summed E-state index contributed by atoms with van der Waals surface area (Å²) in [6, 6.07) is 1.08. The van der Waals surface area contributed by atoms with Gasteiger partial charge in [0.2, 0.25) is 0 Å². The number of hydrogen-bond donors (Lipinski definition) is 3. The summed E-state index contributed by atoms with van der Waals surface area (Å²) in [6.45, 7) is 2.80. The van der Waals surface area contributed by atoms with Gasteiger partial charge in [0, 0.05) is 25.7 Å². The van der Waals surface area contributed by atoms with Crippen LogP contribution in [0.1, 0.15) is 17.3 Å². The van der Waals surface area contributed by atoms with Gasteiger partial charge >= 0.3 is 0 Å². The summed E-state index contributed by atoms with van der Waals surface area (Å²) in [6.07, 6.45) is 0.518. The van der Waals surface area contributed by atoms with Crippen LogP contribution >= 0.6 is 11.6 Å². The zero-order chi connectivity index (χ0) is 15.1. The minimum absolute atomic E-state index is 0.0450. The van der Waals surface area contributed by atoms with Crippen molar-refractivity contribution in [3.63, 3.8) is 0 Å². The van der Waals surface area contributed by atoms with E-state index < -0.39 is 16.9 Å². The molecular weight excluding hydrogens is 288 g/mol. The van der Waals surface area contributed by atoms with Crippen LogP contribution in [-0.2, 0) is 0 Å². The Morgan fingerprint density at radius 1 is 1.60 bits per heavy atom. The second-order valence-electron chi connectivity index (χ2n) is 4.10. The Morgan fingerprint density at radius 2 is 2.30 bits per heavy atom. The summed E-state index contributed by atoms with van der Waals surface area (Å²) in [5.41, 5.74) is -0.344. The predicted octanol–water partition coefficient (Wildman–Crippen LogP) is 0.343. The lowest BCUT2D eigenvalue weighted by molar-refractivity contribution is -0.385. The molecule has 20 heavy (non-hydrogen) atoms. The molecule has 0 fully saturated rings. The predicted molar refractivity (Wildman–Crippen MR) is 72.8 cm³/mol. The van der Waals surface area contributed by atoms with E-state index in [2.05, 4.69) is 15.6 Å². The number of aliphatic hydroxyl groups is 1. The molecule has 0 saturated heterocycles. The van der Waals surface area contributed by atoms with Crippen molar-refractivity contribution in [3.8, 4) is 0 Å². The number of aromatic nitrogens is 1. The Bertz CT molecular complexity index is 495. The van der Waals surface area contributed by atoms with E-state index >= 15 is 0 Å². The van der Waals surface area contributed by atoms with Crippen molar-refractivity contribution in [2.24, 2.45) is 0 Å². The van der Waals surface area contributed by atoms with Gasteiger partial charge in [-0.25, -0.2) is 4.98 Å². The van der Waals surface area contributed by atoms with Crippen LogP contribution in [-0.4, -0.2) is 46.7 Å². The van der Waals surface area contributed by atoms with Crippen molar-refractivity contribution in [1.82, 2.24) is 15.6 Å². The Morgan fingerprint density at radius 3 is 2.90 bits per heavy atom. The summed E-state index contributed by atoms with van der Waals surface area (Å²) in [4.78, 5) is 25.4. The molecule has 1 heterocycles. The monoisotopic (exact) mass is 302 g/mol. The molecule has 1 unspecified atom stereocenters. The van der Waals surface area contributed by atoms with Gasteiger partial charge in [-0.15, -0.1) is 0 Å². The van der Waals surface area contributed by atoms with Crippen molar-refractivity contribution in [1.29, 1.82) is 0 Å². The fourth-order valence-corrected chi connectivity index (χ4v) is 1.56. The zero-order valence-electron chi connectivity index (χ0n) is 10.8. The lowest BCUT2D eigenvalue weighted by Gasteiger charge is -2.08. The Hall–Kier alpha value is -1.77. The SMILES string of the molecule is CC(O)CNCCNC(=O)c1cc([N+](=O)[O-])cnc1Cl. The van der Waals surface area contributed by atoms with Crippen LogP contribution in [0, 0.1) is 10.1 Å². The molecule has 0 bridgehead atoms. The molecule has 0 aliphatic carbocycles. The summed E-state index contributed by atoms with van der Waals surface area (Å²) >= 11 is 5.73. The molecule has 0 aliphatic rings. The van der Waals surface area contributed by atoms with E-state index in [0.717, 1.165) is 12.3 Å². The fraction of sp³-hybridized carbons (Fsp3) is 0.455. The van der Waals surface area contributed by atoms with Gasteiger partial charge in [0.15, 0.2) is 0 Å². The van der Waals surface area contributed by atoms with Crippen molar-refractivity contribution in [2.75, 3.05) is 19.6 Å². The molecule has 1 aromatic heterocycles. The third kappa shape index (κ3) is 5.08. The molecule has 0 radical (unpaired) electrons. The molecule has 3 N–H and O–H groups in total. The van der Waals surface area contributed by atoms with E-state index in [1.54, 1.807) is 6.92 Å². The highest BCUT2D eigenvalue weighted by Crippen LogP contribution is 2.18. The summed E-state index contributed by atoms with van der Waals surface area (Å²) in [5, 5.41) is 25.0. The molecule has 1 atom stereocenters. The number of halogens is 1. The number of aliphatic hydroxyl groups excluding tert-OH is 1. The van der Waals surface area contributed by atoms with Crippen LogP contribution in [0.3, 0.4) is 0 Å². The molecule has 0 spiro atoms. The first kappa shape index (κ1) is 16.3. The van der Waals surface area contributed by atoms with Crippen molar-refractivity contribution >= 4 is 23.2 Å². The highest BCUT2D eigenvalue weighted by atomic mass is 35.5. The molecule has 0 aliphatic heterocycles. The topological polar surface area (TPSA) is 117 Å². The van der Waals surface area contributed by atoms with Crippen molar-refractivity contribution in [3.05, 3.63) is 33.1 Å². The Kier molecular flexibility index (Phi) is 6.29. The van der Waals surface area contributed by atoms with Gasteiger partial charge in [0.25, 0.3) is 11.6 Å². The van der Waals surface area contributed by atoms with E-state index in [4.69, 9.17) is 16.7 Å². The van der Waals surface area contributed by atoms with Gasteiger partial charge in [0.1, 0.15) is 11.3 Å². The molecule has 1 aromatic rings. The second-order valence-corrected chi connectivity index (χ2v) is 4.46. The number of nitrogens with zero attached hydrogens (tertiary/aromatic N) is 2. The summed E-state index contributed by atoms with van der Waals surface area (Å²) < 4.78 is 0. The summed E-state index contributed by atoms with van der Waals surface area (Å²) in [7, 11) is 0. The lowest BCUT2D eigenvalue weighted by Crippen LogP contribution is -2.34. The van der Waals surface area contributed by atoms with E-state index in [1.165, 1.54) is 0 Å². The first-order valence-electron chi connectivity index (χ1n) is 5.88. The van der Waals surface area contributed by atoms with Crippen LogP contribution in [0.15, 0.2) is 12.3 Å². The first-order valence-corrected chi connectivity index (χ1v) is 6.26. The highest BCUT2D eigenvalue weighted by Gasteiger charge is 2.16. The maximum Gasteiger partial charge on any atom is 0.288 e. The average molecular weight is 303 g/mol. The van der Waals surface area contributed by atoms with E-state index in [9.17, 15) is 14.9 Å². The van der Waals surface area contributed by atoms with Gasteiger partial charge in [0.05, 0.1) is 16.6 Å². The normalized spacial score (nSPS) is 11.9. The fourth-order valence-electron chi connectivity index (χ4n) is 1.37. The van der Waals surface area contributed by atoms with E-state index in [1.807, 2.05) is 0 Å². The minimum atomic E-state index is -0.649. The molecule has 0 aromatic carbocycles. The molecular formula is C11H15ClN4O4. The average Bonchev–Trinajstić information content (AvgIpc) is 2.37. The minimum Gasteiger partial charge on any atom is -0.392 e. The number of hydrogen-bond acceptors (Lipinski definition) is 6. The number of carbonyl (C=O) groups is 1. The molecule has 8 nitrogen and oxygen atoms in total. The smallest absolute Gasteiger partial charge is 0.288 e. The van der Waals surface area contributed by atoms with Gasteiger partial charge < -0.3 is 15.7 Å². The van der Waals surface area contributed by atoms with E-state index in [-0.39, 0.29) is 16.4 Å². The van der Waals surface area contributed by atoms with Crippen LogP contribution < -0.4 is 10.6 Å². The van der Waals surface area contributed by atoms with E-state index in [0.29, 0.717) is 19.6 Å². The van der Waals surface area contributed by atoms with Gasteiger partial charge in [-0.3, -0.25) is 14.9 Å². The lowest BCUT2D eigenvalue weighted by atomic mass is 10.2. The number of pyridine rings is 1. The number of carbonyl (C=O) groups excluding carboxylic acids is 1. The van der Waals surface area contributed by atoms with Gasteiger partial charge in [-0.2, -0.15) is 0 Å². The molecule has 0 saturated carbocycles. The van der Waals surface area contributed by atoms with Crippen molar-refractivity contribution in [2.45, 2.75) is 13.0 Å². The largest absolute Gasteiger partial charge is 0.392 e. The maximum absolute atomic E-state index is 11.8. The van der Waals surface area contributed by atoms with Gasteiger partial charge in [-0.05, 0) is 6.92 Å². The van der Waals surface area contributed by atoms with Crippen LogP contribution in [0.4, 0.5) is 5.69 Å². The third-order valence-electron chi connectivity index (χ3n) is 2.31. The Balaban J connectivity index is 2.55. The number of nitro groups is 1. The first-order chi connectivity index (χ1) is 9.41. The number of rotatable bonds is 7. The van der Waals surface area contributed by atoms with Crippen molar-refractivity contribution < 1.29 is 14.8 Å². The number of nitrogens with one attached hydrogen (secondary N) is 2. The van der Waals surface area contributed by atoms with Crippen LogP contribution in [0.2, 0.25) is 5.15 Å². The van der Waals surface area contributed by atoms with Crippen LogP contribution in [0.5, 0.6) is 0 Å². The quantitative estimate of drug-likeness (QED) is 0.289. The maximum atomic E-state index is 11.8. The molecule has 9 heteroatoms. The number of amides is 1. The highest BCUT2D eigenvalue weighted by molar-refractivity contribution is 6.32. The molecule has 1 rings (SSSR count). The standard InChI is InChI=1S/C11H15ClN4O4/c1-7(17)5-13-2-3-14-11(18)9-4-8(16(19)20)6-15-10(9)12/h4,6-7,13,17H,2-3,5H2,1H3,(H,14,18). The van der Waals surface area contributed by atoms with Crippen LogP contribution in [0.25, 0.3) is 0 Å². The molecule has 1 amide bonds.